The molecular weight excluding hydrogens is 306 g/mol. The summed E-state index contributed by atoms with van der Waals surface area (Å²) in [4.78, 5) is 9.45. The molecule has 2 aromatic carbocycles. The molecule has 127 valence electrons. The molecule has 1 saturated heterocycles. The van der Waals surface area contributed by atoms with E-state index in [1.807, 2.05) is 0 Å². The van der Waals surface area contributed by atoms with Gasteiger partial charge in [-0.15, -0.1) is 0 Å². The first kappa shape index (κ1) is 15.9. The SMILES string of the molecule is CN(C)c1ccc(-c2cc(N3[CH]CCCC3)c3ccccc3n2)cc1. The highest BCUT2D eigenvalue weighted by Crippen LogP contribution is 2.33. The number of para-hydroxylation sites is 1. The first-order valence-corrected chi connectivity index (χ1v) is 9.00. The highest BCUT2D eigenvalue weighted by atomic mass is 15.1. The lowest BCUT2D eigenvalue weighted by molar-refractivity contribution is 0.634. The molecule has 2 heterocycles. The van der Waals surface area contributed by atoms with E-state index in [1.54, 1.807) is 0 Å². The average Bonchev–Trinajstić information content (AvgIpc) is 2.68. The van der Waals surface area contributed by atoms with Gasteiger partial charge in [-0.2, -0.15) is 0 Å². The Bertz CT molecular complexity index is 862. The maximum atomic E-state index is 4.92. The van der Waals surface area contributed by atoms with Gasteiger partial charge >= 0.3 is 0 Å². The van der Waals surface area contributed by atoms with E-state index >= 15 is 0 Å². The molecule has 0 amide bonds. The number of piperidine rings is 1. The van der Waals surface area contributed by atoms with Gasteiger partial charge in [0, 0.05) is 49.5 Å². The maximum absolute atomic E-state index is 4.92. The average molecular weight is 330 g/mol. The minimum absolute atomic E-state index is 1.04. The Hall–Kier alpha value is -2.55. The number of aromatic nitrogens is 1. The normalized spacial score (nSPS) is 14.7. The molecule has 0 aliphatic carbocycles. The monoisotopic (exact) mass is 330 g/mol. The Morgan fingerprint density at radius 3 is 2.48 bits per heavy atom. The zero-order valence-corrected chi connectivity index (χ0v) is 14.9. The van der Waals surface area contributed by atoms with Gasteiger partial charge in [-0.05, 0) is 43.5 Å². The molecule has 1 fully saturated rings. The van der Waals surface area contributed by atoms with Gasteiger partial charge in [0.05, 0.1) is 11.2 Å². The summed E-state index contributed by atoms with van der Waals surface area (Å²) in [5.74, 6) is 0. The van der Waals surface area contributed by atoms with Gasteiger partial charge in [0.2, 0.25) is 0 Å². The third-order valence-corrected chi connectivity index (χ3v) is 4.89. The minimum atomic E-state index is 1.04. The topological polar surface area (TPSA) is 19.4 Å². The van der Waals surface area contributed by atoms with Crippen molar-refractivity contribution in [3.8, 4) is 11.3 Å². The van der Waals surface area contributed by atoms with Crippen molar-refractivity contribution in [1.29, 1.82) is 0 Å². The molecule has 3 nitrogen and oxygen atoms in total. The van der Waals surface area contributed by atoms with Crippen LogP contribution in [0.1, 0.15) is 19.3 Å². The van der Waals surface area contributed by atoms with Crippen LogP contribution in [0.25, 0.3) is 22.2 Å². The van der Waals surface area contributed by atoms with Crippen LogP contribution >= 0.6 is 0 Å². The number of rotatable bonds is 3. The quantitative estimate of drug-likeness (QED) is 0.664. The Morgan fingerprint density at radius 2 is 1.76 bits per heavy atom. The van der Waals surface area contributed by atoms with E-state index in [0.29, 0.717) is 0 Å². The van der Waals surface area contributed by atoms with Gasteiger partial charge in [0.1, 0.15) is 0 Å². The van der Waals surface area contributed by atoms with Crippen LogP contribution in [0.5, 0.6) is 0 Å². The van der Waals surface area contributed by atoms with Crippen molar-refractivity contribution < 1.29 is 0 Å². The van der Waals surface area contributed by atoms with Crippen LogP contribution in [0.2, 0.25) is 0 Å². The van der Waals surface area contributed by atoms with Crippen LogP contribution in [0.4, 0.5) is 11.4 Å². The first-order chi connectivity index (χ1) is 12.2. The Balaban J connectivity index is 1.81. The standard InChI is InChI=1S/C22H24N3/c1-24(2)18-12-10-17(11-13-18)21-16-22(25-14-6-3-7-15-25)19-8-4-5-9-20(19)23-21/h4-5,8-14,16H,3,6-7,15H2,1-2H3. The van der Waals surface area contributed by atoms with E-state index in [1.165, 1.54) is 29.6 Å². The summed E-state index contributed by atoms with van der Waals surface area (Å²) in [6, 6.07) is 19.3. The largest absolute Gasteiger partial charge is 0.378 e. The Kier molecular flexibility index (Phi) is 4.31. The van der Waals surface area contributed by atoms with Crippen LogP contribution in [0.15, 0.2) is 54.6 Å². The van der Waals surface area contributed by atoms with Crippen molar-refractivity contribution in [2.24, 2.45) is 0 Å². The fraction of sp³-hybridized carbons (Fsp3) is 0.273. The lowest BCUT2D eigenvalue weighted by atomic mass is 10.0. The molecule has 0 saturated carbocycles. The van der Waals surface area contributed by atoms with Crippen molar-refractivity contribution in [2.45, 2.75) is 19.3 Å². The lowest BCUT2D eigenvalue weighted by Crippen LogP contribution is -2.25. The van der Waals surface area contributed by atoms with Gasteiger partial charge in [0.15, 0.2) is 0 Å². The molecule has 1 radical (unpaired) electrons. The van der Waals surface area contributed by atoms with Gasteiger partial charge < -0.3 is 9.80 Å². The van der Waals surface area contributed by atoms with Gasteiger partial charge in [-0.1, -0.05) is 30.3 Å². The van der Waals surface area contributed by atoms with E-state index < -0.39 is 0 Å². The molecule has 0 bridgehead atoms. The highest BCUT2D eigenvalue weighted by Gasteiger charge is 2.16. The van der Waals surface area contributed by atoms with Crippen molar-refractivity contribution in [2.75, 3.05) is 30.4 Å². The summed E-state index contributed by atoms with van der Waals surface area (Å²) in [5.41, 5.74) is 5.74. The van der Waals surface area contributed by atoms with Gasteiger partial charge in [-0.25, -0.2) is 4.98 Å². The second-order valence-electron chi connectivity index (χ2n) is 6.86. The fourth-order valence-electron chi connectivity index (χ4n) is 3.46. The van der Waals surface area contributed by atoms with E-state index in [4.69, 9.17) is 4.98 Å². The Labute approximate surface area is 149 Å². The lowest BCUT2D eigenvalue weighted by Gasteiger charge is -2.29. The van der Waals surface area contributed by atoms with E-state index in [0.717, 1.165) is 29.7 Å². The highest BCUT2D eigenvalue weighted by molar-refractivity contribution is 5.94. The van der Waals surface area contributed by atoms with Crippen molar-refractivity contribution >= 4 is 22.3 Å². The molecule has 1 aromatic heterocycles. The van der Waals surface area contributed by atoms with Gasteiger partial charge in [0.25, 0.3) is 0 Å². The molecule has 3 aromatic rings. The van der Waals surface area contributed by atoms with Gasteiger partial charge in [-0.3, -0.25) is 0 Å². The third-order valence-electron chi connectivity index (χ3n) is 4.89. The summed E-state index contributed by atoms with van der Waals surface area (Å²) < 4.78 is 0. The molecule has 25 heavy (non-hydrogen) atoms. The molecule has 1 aliphatic rings. The molecule has 0 spiro atoms. The molecule has 0 N–H and O–H groups in total. The third kappa shape index (κ3) is 3.19. The van der Waals surface area contributed by atoms with Crippen LogP contribution in [-0.4, -0.2) is 25.6 Å². The van der Waals surface area contributed by atoms with Crippen molar-refractivity contribution in [1.82, 2.24) is 4.98 Å². The summed E-state index contributed by atoms with van der Waals surface area (Å²) in [5, 5.41) is 1.23. The number of hydrogen-bond donors (Lipinski definition) is 0. The second kappa shape index (κ2) is 6.75. The summed E-state index contributed by atoms with van der Waals surface area (Å²) in [6.45, 7) is 3.43. The molecular formula is C22H24N3. The molecule has 3 heteroatoms. The predicted octanol–water partition coefficient (Wildman–Crippen LogP) is 5.12. The van der Waals surface area contributed by atoms with E-state index in [2.05, 4.69) is 85.0 Å². The molecule has 1 aliphatic heterocycles. The van der Waals surface area contributed by atoms with Crippen molar-refractivity contribution in [3.63, 3.8) is 0 Å². The van der Waals surface area contributed by atoms with Crippen LogP contribution in [0.3, 0.4) is 0 Å². The summed E-state index contributed by atoms with van der Waals surface area (Å²) in [7, 11) is 4.13. The number of fused-ring (bicyclic) bond motifs is 1. The second-order valence-corrected chi connectivity index (χ2v) is 6.86. The zero-order chi connectivity index (χ0) is 17.2. The van der Waals surface area contributed by atoms with Crippen LogP contribution < -0.4 is 9.80 Å². The smallest absolute Gasteiger partial charge is 0.0730 e. The predicted molar refractivity (Wildman–Crippen MR) is 107 cm³/mol. The zero-order valence-electron chi connectivity index (χ0n) is 14.9. The first-order valence-electron chi connectivity index (χ1n) is 9.00. The molecule has 4 rings (SSSR count). The van der Waals surface area contributed by atoms with Crippen molar-refractivity contribution in [3.05, 3.63) is 61.1 Å². The number of nitrogens with zero attached hydrogens (tertiary/aromatic N) is 3. The fourth-order valence-corrected chi connectivity index (χ4v) is 3.46. The van der Waals surface area contributed by atoms with E-state index in [9.17, 15) is 0 Å². The van der Waals surface area contributed by atoms with Crippen LogP contribution in [-0.2, 0) is 0 Å². The number of pyridine rings is 1. The number of anilines is 2. The molecule has 0 atom stereocenters. The summed E-state index contributed by atoms with van der Waals surface area (Å²) in [6.07, 6.45) is 3.70. The Morgan fingerprint density at radius 1 is 0.960 bits per heavy atom. The molecule has 0 unspecified atom stereocenters. The van der Waals surface area contributed by atoms with Crippen LogP contribution in [0, 0.1) is 6.54 Å². The van der Waals surface area contributed by atoms with E-state index in [-0.39, 0.29) is 0 Å². The minimum Gasteiger partial charge on any atom is -0.378 e. The summed E-state index contributed by atoms with van der Waals surface area (Å²) >= 11 is 0. The maximum Gasteiger partial charge on any atom is 0.0730 e. The number of hydrogen-bond acceptors (Lipinski definition) is 3. The number of benzene rings is 2.